The van der Waals surface area contributed by atoms with Crippen LogP contribution in [0.1, 0.15) is 12.0 Å². The molecular weight excluding hydrogens is 507 g/mol. The fourth-order valence-electron chi connectivity index (χ4n) is 3.33. The summed E-state index contributed by atoms with van der Waals surface area (Å²) in [5.74, 6) is 0.0927. The number of sulfonamides is 1. The SMILES string of the molecule is CN(Cc1ccc(Cl)cc1)C(=O)C(CCn1cccc1N)NS(=O)(=O)c1c(Cl)cccc1Cl. The van der Waals surface area contributed by atoms with E-state index in [1.165, 1.54) is 17.0 Å². The van der Waals surface area contributed by atoms with Crippen molar-refractivity contribution < 1.29 is 13.2 Å². The molecule has 176 valence electrons. The Labute approximate surface area is 208 Å². The Balaban J connectivity index is 1.85. The Hall–Kier alpha value is -2.23. The van der Waals surface area contributed by atoms with Gasteiger partial charge in [-0.2, -0.15) is 4.72 Å². The molecule has 1 aromatic heterocycles. The molecule has 33 heavy (non-hydrogen) atoms. The van der Waals surface area contributed by atoms with Crippen molar-refractivity contribution in [3.05, 3.63) is 81.4 Å². The highest BCUT2D eigenvalue weighted by atomic mass is 35.5. The van der Waals surface area contributed by atoms with Crippen LogP contribution in [-0.4, -0.2) is 36.9 Å². The Bertz CT molecular complexity index is 1210. The first kappa shape index (κ1) is 25.4. The number of carbonyl (C=O) groups excluding carboxylic acids is 1. The van der Waals surface area contributed by atoms with Gasteiger partial charge in [-0.05, 0) is 48.4 Å². The number of nitrogens with zero attached hydrogens (tertiary/aromatic N) is 2. The van der Waals surface area contributed by atoms with Gasteiger partial charge in [0.25, 0.3) is 0 Å². The molecule has 1 amide bonds. The van der Waals surface area contributed by atoms with Gasteiger partial charge < -0.3 is 15.2 Å². The molecular formula is C22H23Cl3N4O3S. The van der Waals surface area contributed by atoms with Crippen LogP contribution in [0.5, 0.6) is 0 Å². The number of likely N-dealkylation sites (N-methyl/N-ethyl adjacent to an activating group) is 1. The summed E-state index contributed by atoms with van der Waals surface area (Å²) < 4.78 is 30.5. The van der Waals surface area contributed by atoms with Crippen molar-refractivity contribution in [3.63, 3.8) is 0 Å². The molecule has 3 N–H and O–H groups in total. The van der Waals surface area contributed by atoms with Gasteiger partial charge in [0.1, 0.15) is 16.8 Å². The van der Waals surface area contributed by atoms with E-state index in [1.807, 2.05) is 0 Å². The van der Waals surface area contributed by atoms with Crippen molar-refractivity contribution >= 4 is 56.6 Å². The molecule has 0 bridgehead atoms. The lowest BCUT2D eigenvalue weighted by molar-refractivity contribution is -0.132. The summed E-state index contributed by atoms with van der Waals surface area (Å²) in [5, 5.41) is 0.509. The molecule has 0 aliphatic heterocycles. The van der Waals surface area contributed by atoms with E-state index >= 15 is 0 Å². The van der Waals surface area contributed by atoms with Crippen LogP contribution >= 0.6 is 34.8 Å². The maximum Gasteiger partial charge on any atom is 0.244 e. The molecule has 0 aliphatic carbocycles. The van der Waals surface area contributed by atoms with Crippen LogP contribution in [-0.2, 0) is 27.9 Å². The fourth-order valence-corrected chi connectivity index (χ4v) is 5.82. The van der Waals surface area contributed by atoms with Crippen molar-refractivity contribution in [2.24, 2.45) is 0 Å². The van der Waals surface area contributed by atoms with Crippen molar-refractivity contribution in [2.45, 2.75) is 30.4 Å². The second-order valence-corrected chi connectivity index (χ2v) is 10.4. The number of aryl methyl sites for hydroxylation is 1. The lowest BCUT2D eigenvalue weighted by atomic mass is 10.1. The maximum absolute atomic E-state index is 13.3. The molecule has 2 aromatic carbocycles. The number of amides is 1. The first-order valence-corrected chi connectivity index (χ1v) is 12.6. The lowest BCUT2D eigenvalue weighted by Crippen LogP contribution is -2.47. The summed E-state index contributed by atoms with van der Waals surface area (Å²) in [7, 11) is -2.60. The second-order valence-electron chi connectivity index (χ2n) is 7.46. The van der Waals surface area contributed by atoms with Gasteiger partial charge in [0, 0.05) is 31.4 Å². The number of hydrogen-bond acceptors (Lipinski definition) is 4. The van der Waals surface area contributed by atoms with Crippen molar-refractivity contribution in [2.75, 3.05) is 12.8 Å². The summed E-state index contributed by atoms with van der Waals surface area (Å²) in [6, 6.07) is 13.8. The van der Waals surface area contributed by atoms with Crippen LogP contribution in [0.25, 0.3) is 0 Å². The number of benzene rings is 2. The topological polar surface area (TPSA) is 97.4 Å². The summed E-state index contributed by atoms with van der Waals surface area (Å²) >= 11 is 18.1. The summed E-state index contributed by atoms with van der Waals surface area (Å²) in [4.78, 5) is 14.5. The Kier molecular flexibility index (Phi) is 8.31. The minimum absolute atomic E-state index is 0.0367. The zero-order valence-electron chi connectivity index (χ0n) is 17.7. The number of halogens is 3. The molecule has 1 heterocycles. The maximum atomic E-state index is 13.3. The molecule has 7 nitrogen and oxygen atoms in total. The number of hydrogen-bond donors (Lipinski definition) is 2. The van der Waals surface area contributed by atoms with Gasteiger partial charge >= 0.3 is 0 Å². The van der Waals surface area contributed by atoms with Gasteiger partial charge in [-0.3, -0.25) is 4.79 Å². The van der Waals surface area contributed by atoms with Crippen LogP contribution < -0.4 is 10.5 Å². The molecule has 11 heteroatoms. The lowest BCUT2D eigenvalue weighted by Gasteiger charge is -2.25. The largest absolute Gasteiger partial charge is 0.385 e. The van der Waals surface area contributed by atoms with Gasteiger partial charge in [-0.25, -0.2) is 8.42 Å². The molecule has 3 aromatic rings. The molecule has 3 rings (SSSR count). The predicted molar refractivity (Wildman–Crippen MR) is 132 cm³/mol. The Morgan fingerprint density at radius 1 is 1.06 bits per heavy atom. The molecule has 1 atom stereocenters. The number of nitrogens with two attached hydrogens (primary N) is 1. The average molecular weight is 530 g/mol. The standard InChI is InChI=1S/C22H23Cl3N4O3S/c1-28(14-15-7-9-16(23)10-8-15)22(30)19(11-13-29-12-3-6-20(29)26)27-33(31,32)21-17(24)4-2-5-18(21)25/h2-10,12,19,27H,11,13-14,26H2,1H3. The third kappa shape index (κ3) is 6.43. The highest BCUT2D eigenvalue weighted by Crippen LogP contribution is 2.29. The van der Waals surface area contributed by atoms with E-state index in [4.69, 9.17) is 40.5 Å². The molecule has 1 unspecified atom stereocenters. The first-order chi connectivity index (χ1) is 15.6. The van der Waals surface area contributed by atoms with Crippen molar-refractivity contribution in [1.29, 1.82) is 0 Å². The summed E-state index contributed by atoms with van der Waals surface area (Å²) in [6.07, 6.45) is 1.91. The van der Waals surface area contributed by atoms with Crippen LogP contribution in [0, 0.1) is 0 Å². The molecule has 0 spiro atoms. The van der Waals surface area contributed by atoms with Gasteiger partial charge in [0.2, 0.25) is 15.9 Å². The number of aromatic nitrogens is 1. The van der Waals surface area contributed by atoms with E-state index in [0.717, 1.165) is 5.56 Å². The third-order valence-corrected chi connectivity index (χ3v) is 7.69. The minimum atomic E-state index is -4.20. The number of anilines is 1. The van der Waals surface area contributed by atoms with Crippen LogP contribution in [0.15, 0.2) is 65.7 Å². The van der Waals surface area contributed by atoms with Gasteiger partial charge in [-0.1, -0.05) is 53.0 Å². The highest BCUT2D eigenvalue weighted by molar-refractivity contribution is 7.89. The number of rotatable bonds is 9. The quantitative estimate of drug-likeness (QED) is 0.429. The van der Waals surface area contributed by atoms with Crippen LogP contribution in [0.3, 0.4) is 0 Å². The zero-order valence-corrected chi connectivity index (χ0v) is 20.8. The average Bonchev–Trinajstić information content (AvgIpc) is 3.16. The molecule has 0 radical (unpaired) electrons. The molecule has 0 saturated heterocycles. The fraction of sp³-hybridized carbons (Fsp3) is 0.227. The van der Waals surface area contributed by atoms with E-state index in [-0.39, 0.29) is 27.9 Å². The first-order valence-electron chi connectivity index (χ1n) is 9.95. The minimum Gasteiger partial charge on any atom is -0.385 e. The van der Waals surface area contributed by atoms with Crippen molar-refractivity contribution in [3.8, 4) is 0 Å². The number of carbonyl (C=O) groups is 1. The smallest absolute Gasteiger partial charge is 0.244 e. The normalized spacial score (nSPS) is 12.5. The van der Waals surface area contributed by atoms with E-state index < -0.39 is 22.0 Å². The number of nitrogen functional groups attached to an aromatic ring is 1. The van der Waals surface area contributed by atoms with Gasteiger partial charge in [-0.15, -0.1) is 0 Å². The highest BCUT2D eigenvalue weighted by Gasteiger charge is 2.30. The predicted octanol–water partition coefficient (Wildman–Crippen LogP) is 4.43. The molecule has 0 fully saturated rings. The Morgan fingerprint density at radius 2 is 1.70 bits per heavy atom. The third-order valence-electron chi connectivity index (χ3n) is 5.02. The van der Waals surface area contributed by atoms with E-state index in [0.29, 0.717) is 17.4 Å². The molecule has 0 aliphatic rings. The van der Waals surface area contributed by atoms with Crippen LogP contribution in [0.2, 0.25) is 15.1 Å². The number of nitrogens with one attached hydrogen (secondary N) is 1. The van der Waals surface area contributed by atoms with E-state index in [2.05, 4.69) is 4.72 Å². The zero-order chi connectivity index (χ0) is 24.2. The summed E-state index contributed by atoms with van der Waals surface area (Å²) in [5.41, 5.74) is 6.77. The second kappa shape index (κ2) is 10.8. The van der Waals surface area contributed by atoms with Gasteiger partial charge in [0.15, 0.2) is 0 Å². The van der Waals surface area contributed by atoms with E-state index in [1.54, 1.807) is 60.3 Å². The van der Waals surface area contributed by atoms with Crippen molar-refractivity contribution in [1.82, 2.24) is 14.2 Å². The summed E-state index contributed by atoms with van der Waals surface area (Å²) in [6.45, 7) is 0.593. The van der Waals surface area contributed by atoms with E-state index in [9.17, 15) is 13.2 Å². The van der Waals surface area contributed by atoms with Gasteiger partial charge in [0.05, 0.1) is 10.0 Å². The molecule has 0 saturated carbocycles. The Morgan fingerprint density at radius 3 is 2.27 bits per heavy atom. The van der Waals surface area contributed by atoms with Crippen LogP contribution in [0.4, 0.5) is 5.82 Å². The monoisotopic (exact) mass is 528 g/mol.